The minimum absolute atomic E-state index is 0.0940. The number of hydrogen-bond acceptors (Lipinski definition) is 4. The van der Waals surface area contributed by atoms with E-state index >= 15 is 0 Å². The van der Waals surface area contributed by atoms with Gasteiger partial charge in [-0.15, -0.1) is 0 Å². The van der Waals surface area contributed by atoms with E-state index in [1.807, 2.05) is 0 Å². The molecule has 0 aliphatic rings. The number of carbonyl (C=O) groups excluding carboxylic acids is 2. The van der Waals surface area contributed by atoms with Crippen molar-refractivity contribution >= 4 is 12.4 Å². The Bertz CT molecular complexity index is 492. The molecule has 0 bridgehead atoms. The standard InChI is InChI=1S/C13H14F3NO4/c1-21-11(19)10(17-8-18)12(20,13(14,15)16)7-9-5-3-2-4-6-9/h2-6,8,10,20H,7H2,1H3,(H,17,18)/t10-,12+/m1/s1. The molecule has 1 aromatic carbocycles. The number of carbonyl (C=O) groups is 2. The second-order valence-corrected chi connectivity index (χ2v) is 4.33. The van der Waals surface area contributed by atoms with Crippen molar-refractivity contribution in [3.63, 3.8) is 0 Å². The molecule has 8 heteroatoms. The average molecular weight is 305 g/mol. The second kappa shape index (κ2) is 6.57. The Morgan fingerprint density at radius 3 is 2.38 bits per heavy atom. The summed E-state index contributed by atoms with van der Waals surface area (Å²) in [6, 6.07) is 5.05. The highest BCUT2D eigenvalue weighted by Gasteiger charge is 2.61. The fourth-order valence-electron chi connectivity index (χ4n) is 1.86. The lowest BCUT2D eigenvalue weighted by Gasteiger charge is -2.35. The fourth-order valence-corrected chi connectivity index (χ4v) is 1.86. The first-order chi connectivity index (χ1) is 9.76. The average Bonchev–Trinajstić information content (AvgIpc) is 2.43. The first-order valence-corrected chi connectivity index (χ1v) is 5.87. The molecule has 0 fully saturated rings. The molecule has 2 N–H and O–H groups in total. The molecular weight excluding hydrogens is 291 g/mol. The minimum Gasteiger partial charge on any atom is -0.467 e. The molecule has 5 nitrogen and oxygen atoms in total. The Hall–Kier alpha value is -2.09. The summed E-state index contributed by atoms with van der Waals surface area (Å²) in [6.45, 7) is 0. The van der Waals surface area contributed by atoms with Crippen LogP contribution in [0, 0.1) is 0 Å². The van der Waals surface area contributed by atoms with Gasteiger partial charge in [-0.3, -0.25) is 4.79 Å². The quantitative estimate of drug-likeness (QED) is 0.602. The third kappa shape index (κ3) is 3.72. The molecule has 0 radical (unpaired) electrons. The summed E-state index contributed by atoms with van der Waals surface area (Å²) in [5.74, 6) is -1.39. The normalized spacial score (nSPS) is 15.7. The van der Waals surface area contributed by atoms with Gasteiger partial charge in [0.2, 0.25) is 6.41 Å². The van der Waals surface area contributed by atoms with Gasteiger partial charge in [0.15, 0.2) is 11.6 Å². The lowest BCUT2D eigenvalue weighted by molar-refractivity contribution is -0.269. The van der Waals surface area contributed by atoms with Gasteiger partial charge < -0.3 is 15.2 Å². The van der Waals surface area contributed by atoms with Gasteiger partial charge in [0.1, 0.15) is 0 Å². The van der Waals surface area contributed by atoms with E-state index in [9.17, 15) is 27.9 Å². The molecule has 1 aromatic rings. The van der Waals surface area contributed by atoms with Crippen molar-refractivity contribution in [3.8, 4) is 0 Å². The molecule has 0 aliphatic heterocycles. The summed E-state index contributed by atoms with van der Waals surface area (Å²) in [5.41, 5.74) is -3.33. The van der Waals surface area contributed by atoms with E-state index in [0.29, 0.717) is 0 Å². The first-order valence-electron chi connectivity index (χ1n) is 5.87. The molecular formula is C13H14F3NO4. The van der Waals surface area contributed by atoms with E-state index in [1.54, 1.807) is 11.4 Å². The van der Waals surface area contributed by atoms with Crippen LogP contribution >= 0.6 is 0 Å². The lowest BCUT2D eigenvalue weighted by atomic mass is 9.86. The molecule has 0 saturated carbocycles. The van der Waals surface area contributed by atoms with Crippen LogP contribution in [0.15, 0.2) is 30.3 Å². The summed E-state index contributed by atoms with van der Waals surface area (Å²) < 4.78 is 44.0. The molecule has 0 spiro atoms. The maximum atomic E-state index is 13.2. The summed E-state index contributed by atoms with van der Waals surface area (Å²) in [7, 11) is 0.862. The van der Waals surface area contributed by atoms with Crippen LogP contribution in [0.2, 0.25) is 0 Å². The Labute approximate surface area is 118 Å². The minimum atomic E-state index is -5.16. The van der Waals surface area contributed by atoms with Crippen LogP contribution in [-0.4, -0.2) is 42.4 Å². The second-order valence-electron chi connectivity index (χ2n) is 4.33. The molecule has 1 amide bonds. The molecule has 1 rings (SSSR count). The van der Waals surface area contributed by atoms with Gasteiger partial charge >= 0.3 is 12.1 Å². The van der Waals surface area contributed by atoms with Gasteiger partial charge in [0.05, 0.1) is 7.11 Å². The summed E-state index contributed by atoms with van der Waals surface area (Å²) in [5, 5.41) is 11.7. The third-order valence-corrected chi connectivity index (χ3v) is 2.96. The lowest BCUT2D eigenvalue weighted by Crippen LogP contribution is -2.64. The van der Waals surface area contributed by atoms with Crippen molar-refractivity contribution in [1.82, 2.24) is 5.32 Å². The van der Waals surface area contributed by atoms with Gasteiger partial charge in [0.25, 0.3) is 0 Å². The SMILES string of the molecule is COC(=O)[C@@H](NC=O)[C@@](O)(Cc1ccccc1)C(F)(F)F. The smallest absolute Gasteiger partial charge is 0.420 e. The highest BCUT2D eigenvalue weighted by molar-refractivity contribution is 5.80. The molecule has 0 unspecified atom stereocenters. The number of benzene rings is 1. The predicted octanol–water partition coefficient (Wildman–Crippen LogP) is 0.810. The number of hydrogen-bond donors (Lipinski definition) is 2. The number of amides is 1. The van der Waals surface area contributed by atoms with Gasteiger partial charge in [-0.25, -0.2) is 4.79 Å². The van der Waals surface area contributed by atoms with Gasteiger partial charge in [-0.05, 0) is 5.56 Å². The number of methoxy groups -OCH3 is 1. The first kappa shape index (κ1) is 17.0. The van der Waals surface area contributed by atoms with Gasteiger partial charge in [-0.1, -0.05) is 30.3 Å². The topological polar surface area (TPSA) is 75.6 Å². The van der Waals surface area contributed by atoms with E-state index in [0.717, 1.165) is 7.11 Å². The van der Waals surface area contributed by atoms with Crippen LogP contribution in [-0.2, 0) is 20.7 Å². The number of nitrogens with one attached hydrogen (secondary N) is 1. The maximum Gasteiger partial charge on any atom is 0.420 e. The van der Waals surface area contributed by atoms with E-state index < -0.39 is 30.2 Å². The number of rotatable bonds is 6. The number of aliphatic hydroxyl groups is 1. The third-order valence-electron chi connectivity index (χ3n) is 2.96. The van der Waals surface area contributed by atoms with E-state index in [1.165, 1.54) is 24.3 Å². The maximum absolute atomic E-state index is 13.2. The van der Waals surface area contributed by atoms with Crippen LogP contribution in [0.1, 0.15) is 5.56 Å². The molecule has 0 aromatic heterocycles. The van der Waals surface area contributed by atoms with E-state index in [-0.39, 0.29) is 12.0 Å². The van der Waals surface area contributed by atoms with Crippen LogP contribution in [0.5, 0.6) is 0 Å². The highest BCUT2D eigenvalue weighted by Crippen LogP contribution is 2.36. The molecule has 116 valence electrons. The monoisotopic (exact) mass is 305 g/mol. The van der Waals surface area contributed by atoms with Gasteiger partial charge in [0, 0.05) is 6.42 Å². The van der Waals surface area contributed by atoms with E-state index in [4.69, 9.17) is 0 Å². The number of alkyl halides is 3. The molecule has 0 saturated heterocycles. The van der Waals surface area contributed by atoms with Crippen LogP contribution in [0.4, 0.5) is 13.2 Å². The van der Waals surface area contributed by atoms with Crippen molar-refractivity contribution in [2.24, 2.45) is 0 Å². The molecule has 0 heterocycles. The fraction of sp³-hybridized carbons (Fsp3) is 0.385. The zero-order valence-electron chi connectivity index (χ0n) is 11.1. The Kier molecular flexibility index (Phi) is 5.31. The van der Waals surface area contributed by atoms with Crippen molar-refractivity contribution in [2.75, 3.05) is 7.11 Å². The van der Waals surface area contributed by atoms with Crippen LogP contribution < -0.4 is 5.32 Å². The van der Waals surface area contributed by atoms with Crippen molar-refractivity contribution in [3.05, 3.63) is 35.9 Å². The number of ether oxygens (including phenoxy) is 1. The predicted molar refractivity (Wildman–Crippen MR) is 66.2 cm³/mol. The summed E-state index contributed by atoms with van der Waals surface area (Å²) in [4.78, 5) is 21.9. The zero-order valence-corrected chi connectivity index (χ0v) is 11.1. The number of esters is 1. The Balaban J connectivity index is 3.24. The Morgan fingerprint density at radius 1 is 1.38 bits per heavy atom. The summed E-state index contributed by atoms with van der Waals surface area (Å²) in [6.07, 6.45) is -6.15. The van der Waals surface area contributed by atoms with E-state index in [2.05, 4.69) is 4.74 Å². The number of halogens is 3. The van der Waals surface area contributed by atoms with Crippen molar-refractivity contribution < 1.29 is 32.6 Å². The van der Waals surface area contributed by atoms with Gasteiger partial charge in [-0.2, -0.15) is 13.2 Å². The zero-order chi connectivity index (χ0) is 16.1. The Morgan fingerprint density at radius 2 is 1.95 bits per heavy atom. The molecule has 2 atom stereocenters. The molecule has 21 heavy (non-hydrogen) atoms. The van der Waals surface area contributed by atoms with Crippen LogP contribution in [0.3, 0.4) is 0 Å². The van der Waals surface area contributed by atoms with Crippen LogP contribution in [0.25, 0.3) is 0 Å². The summed E-state index contributed by atoms with van der Waals surface area (Å²) >= 11 is 0. The largest absolute Gasteiger partial charge is 0.467 e. The highest BCUT2D eigenvalue weighted by atomic mass is 19.4. The molecule has 0 aliphatic carbocycles. The van der Waals surface area contributed by atoms with Crippen molar-refractivity contribution in [1.29, 1.82) is 0 Å². The van der Waals surface area contributed by atoms with Crippen molar-refractivity contribution in [2.45, 2.75) is 24.2 Å².